The summed E-state index contributed by atoms with van der Waals surface area (Å²) in [6.07, 6.45) is 0. The number of carboxylic acids is 1. The summed E-state index contributed by atoms with van der Waals surface area (Å²) in [5.74, 6) is -1.86. The monoisotopic (exact) mass is 631 g/mol. The molecule has 0 saturated carbocycles. The summed E-state index contributed by atoms with van der Waals surface area (Å²) in [5.41, 5.74) is -0.213. The Bertz CT molecular complexity index is 986. The minimum atomic E-state index is -1.16. The van der Waals surface area contributed by atoms with Crippen LogP contribution in [0.15, 0.2) is 30.3 Å². The predicted molar refractivity (Wildman–Crippen MR) is 121 cm³/mol. The van der Waals surface area contributed by atoms with Crippen molar-refractivity contribution in [2.24, 2.45) is 0 Å². The van der Waals surface area contributed by atoms with Gasteiger partial charge in [-0.3, -0.25) is 20.2 Å². The van der Waals surface area contributed by atoms with Gasteiger partial charge in [0.2, 0.25) is 0 Å². The van der Waals surface area contributed by atoms with Crippen molar-refractivity contribution >= 4 is 97.4 Å². The molecule has 3 N–H and O–H groups in total. The number of hydrogen-bond acceptors (Lipinski definition) is 5. The molecular weight excluding hydrogens is 624 g/mol. The number of carbonyl (C=O) groups excluding carboxylic acids is 1. The van der Waals surface area contributed by atoms with Crippen molar-refractivity contribution in [1.82, 2.24) is 5.32 Å². The van der Waals surface area contributed by atoms with E-state index in [-0.39, 0.29) is 26.9 Å². The minimum absolute atomic E-state index is 0.00923. The largest absolute Gasteiger partial charge is 0.478 e. The topological polar surface area (TPSA) is 122 Å². The highest BCUT2D eigenvalue weighted by atomic mass is 127. The van der Waals surface area contributed by atoms with Crippen molar-refractivity contribution in [3.05, 3.63) is 63.7 Å². The molecule has 0 atom stereocenters. The summed E-state index contributed by atoms with van der Waals surface area (Å²) in [5, 5.41) is 25.0. The van der Waals surface area contributed by atoms with Crippen molar-refractivity contribution in [1.29, 1.82) is 0 Å². The second kappa shape index (κ2) is 9.07. The van der Waals surface area contributed by atoms with E-state index in [1.807, 2.05) is 45.2 Å². The third-order valence-corrected chi connectivity index (χ3v) is 5.15. The number of nitro groups is 1. The van der Waals surface area contributed by atoms with Gasteiger partial charge in [0.15, 0.2) is 5.11 Å². The average Bonchev–Trinajstić information content (AvgIpc) is 2.56. The zero-order chi connectivity index (χ0) is 20.3. The number of nitrogens with one attached hydrogen (secondary N) is 2. The van der Waals surface area contributed by atoms with Crippen LogP contribution in [0.25, 0.3) is 0 Å². The number of aromatic carboxylic acids is 1. The van der Waals surface area contributed by atoms with E-state index in [1.165, 1.54) is 18.2 Å². The number of hydrogen-bond donors (Lipinski definition) is 3. The molecule has 27 heavy (non-hydrogen) atoms. The average molecular weight is 632 g/mol. The van der Waals surface area contributed by atoms with Gasteiger partial charge in [0.05, 0.1) is 16.2 Å². The van der Waals surface area contributed by atoms with Crippen LogP contribution in [0.2, 0.25) is 5.02 Å². The fourth-order valence-electron chi connectivity index (χ4n) is 1.98. The van der Waals surface area contributed by atoms with Gasteiger partial charge in [-0.2, -0.15) is 0 Å². The van der Waals surface area contributed by atoms with Crippen molar-refractivity contribution in [2.45, 2.75) is 0 Å². The van der Waals surface area contributed by atoms with E-state index in [9.17, 15) is 24.8 Å². The highest BCUT2D eigenvalue weighted by Gasteiger charge is 2.19. The number of benzene rings is 2. The maximum atomic E-state index is 12.3. The molecule has 0 saturated heterocycles. The smallest absolute Gasteiger partial charge is 0.337 e. The van der Waals surface area contributed by atoms with Crippen LogP contribution >= 0.6 is 69.0 Å². The van der Waals surface area contributed by atoms with E-state index in [4.69, 9.17) is 23.8 Å². The van der Waals surface area contributed by atoms with Crippen LogP contribution in [-0.2, 0) is 0 Å². The first kappa shape index (κ1) is 21.7. The third-order valence-electron chi connectivity index (χ3n) is 3.16. The molecule has 0 fully saturated rings. The Morgan fingerprint density at radius 1 is 1.22 bits per heavy atom. The Morgan fingerprint density at radius 2 is 1.89 bits per heavy atom. The molecule has 0 aliphatic heterocycles. The number of halogens is 3. The van der Waals surface area contributed by atoms with Gasteiger partial charge in [-0.05, 0) is 81.7 Å². The van der Waals surface area contributed by atoms with E-state index in [1.54, 1.807) is 6.07 Å². The molecule has 0 aliphatic rings. The molecule has 1 amide bonds. The Labute approximate surface area is 190 Å². The molecule has 0 radical (unpaired) electrons. The Balaban J connectivity index is 2.22. The molecule has 2 rings (SSSR count). The normalized spacial score (nSPS) is 10.2. The van der Waals surface area contributed by atoms with Crippen LogP contribution in [0.4, 0.5) is 11.4 Å². The van der Waals surface area contributed by atoms with E-state index in [2.05, 4.69) is 10.6 Å². The second-order valence-corrected chi connectivity index (χ2v) is 8.17. The van der Waals surface area contributed by atoms with Crippen LogP contribution in [0.5, 0.6) is 0 Å². The number of carboxylic acid groups (broad SMARTS) is 1. The van der Waals surface area contributed by atoms with Gasteiger partial charge >= 0.3 is 5.97 Å². The van der Waals surface area contributed by atoms with Crippen molar-refractivity contribution in [3.8, 4) is 0 Å². The summed E-state index contributed by atoms with van der Waals surface area (Å²) in [4.78, 5) is 33.9. The van der Waals surface area contributed by atoms with E-state index in [0.717, 1.165) is 9.64 Å². The van der Waals surface area contributed by atoms with E-state index >= 15 is 0 Å². The Hall–Kier alpha value is -1.58. The summed E-state index contributed by atoms with van der Waals surface area (Å²) in [6.45, 7) is 0. The molecule has 2 aromatic carbocycles. The van der Waals surface area contributed by atoms with Crippen molar-refractivity contribution in [3.63, 3.8) is 0 Å². The number of amides is 1. The lowest BCUT2D eigenvalue weighted by molar-refractivity contribution is -0.384. The van der Waals surface area contributed by atoms with Crippen LogP contribution in [0.3, 0.4) is 0 Å². The van der Waals surface area contributed by atoms with Gasteiger partial charge in [-0.25, -0.2) is 4.79 Å². The quantitative estimate of drug-likeness (QED) is 0.199. The summed E-state index contributed by atoms with van der Waals surface area (Å²) in [6, 6.07) is 6.77. The van der Waals surface area contributed by atoms with E-state index < -0.39 is 22.5 Å². The standard InChI is InChI=1S/C15H8ClI2N3O5S/c16-9-2-1-6(3-11(9)21(25)26)13(22)20-15(27)19-12-8(14(23)24)4-7(17)5-10(12)18/h1-5H,(H,23,24)(H2,19,20,22,27). The van der Waals surface area contributed by atoms with Crippen molar-refractivity contribution in [2.75, 3.05) is 5.32 Å². The number of anilines is 1. The molecule has 0 heterocycles. The fourth-order valence-corrected chi connectivity index (χ4v) is 4.34. The summed E-state index contributed by atoms with van der Waals surface area (Å²) < 4.78 is 1.32. The predicted octanol–water partition coefficient (Wildman–Crippen LogP) is 4.28. The molecule has 0 aliphatic carbocycles. The second-order valence-electron chi connectivity index (χ2n) is 4.95. The number of rotatable bonds is 4. The van der Waals surface area contributed by atoms with Crippen LogP contribution in [0, 0.1) is 17.3 Å². The molecule has 12 heteroatoms. The van der Waals surface area contributed by atoms with Gasteiger partial charge < -0.3 is 10.4 Å². The lowest BCUT2D eigenvalue weighted by Gasteiger charge is -2.14. The number of carbonyl (C=O) groups is 2. The molecular formula is C15H8ClI2N3O5S. The van der Waals surface area contributed by atoms with Crippen LogP contribution in [0.1, 0.15) is 20.7 Å². The molecule has 0 aromatic heterocycles. The van der Waals surface area contributed by atoms with Gasteiger partial charge in [-0.1, -0.05) is 11.6 Å². The maximum Gasteiger partial charge on any atom is 0.337 e. The van der Waals surface area contributed by atoms with Crippen LogP contribution < -0.4 is 10.6 Å². The highest BCUT2D eigenvalue weighted by Crippen LogP contribution is 2.27. The fraction of sp³-hybridized carbons (Fsp3) is 0. The van der Waals surface area contributed by atoms with Gasteiger partial charge in [0, 0.05) is 18.8 Å². The Kier molecular flexibility index (Phi) is 7.30. The number of nitrogens with zero attached hydrogens (tertiary/aromatic N) is 1. The van der Waals surface area contributed by atoms with Gasteiger partial charge in [0.1, 0.15) is 5.02 Å². The first-order valence-corrected chi connectivity index (χ1v) is 9.83. The zero-order valence-electron chi connectivity index (χ0n) is 13.0. The van der Waals surface area contributed by atoms with E-state index in [0.29, 0.717) is 3.57 Å². The van der Waals surface area contributed by atoms with Gasteiger partial charge in [0.25, 0.3) is 11.6 Å². The molecule has 140 valence electrons. The SMILES string of the molecule is O=C(NC(=S)Nc1c(I)cc(I)cc1C(=O)O)c1ccc(Cl)c([N+](=O)[O-])c1. The maximum absolute atomic E-state index is 12.3. The molecule has 0 unspecified atom stereocenters. The number of nitro benzene ring substituents is 1. The summed E-state index contributed by atoms with van der Waals surface area (Å²) >= 11 is 14.7. The van der Waals surface area contributed by atoms with Crippen molar-refractivity contribution < 1.29 is 19.6 Å². The minimum Gasteiger partial charge on any atom is -0.478 e. The highest BCUT2D eigenvalue weighted by molar-refractivity contribution is 14.1. The first-order chi connectivity index (χ1) is 12.6. The zero-order valence-corrected chi connectivity index (χ0v) is 18.8. The Morgan fingerprint density at radius 3 is 2.48 bits per heavy atom. The molecule has 8 nitrogen and oxygen atoms in total. The van der Waals surface area contributed by atoms with Gasteiger partial charge in [-0.15, -0.1) is 0 Å². The van der Waals surface area contributed by atoms with Crippen LogP contribution in [-0.4, -0.2) is 27.0 Å². The molecule has 0 spiro atoms. The first-order valence-electron chi connectivity index (χ1n) is 6.88. The number of thiocarbonyl (C=S) groups is 1. The lowest BCUT2D eigenvalue weighted by Crippen LogP contribution is -2.34. The molecule has 0 bridgehead atoms. The molecule has 2 aromatic rings. The lowest BCUT2D eigenvalue weighted by atomic mass is 10.2. The third kappa shape index (κ3) is 5.46. The summed E-state index contributed by atoms with van der Waals surface area (Å²) in [7, 11) is 0.